The van der Waals surface area contributed by atoms with E-state index in [1.807, 2.05) is 0 Å². The predicted molar refractivity (Wildman–Crippen MR) is 45.7 cm³/mol. The largest absolute Gasteiger partial charge is 0.367 e. The molecule has 0 unspecified atom stereocenters. The van der Waals surface area contributed by atoms with Crippen LogP contribution in [-0.2, 0) is 4.79 Å². The summed E-state index contributed by atoms with van der Waals surface area (Å²) in [5, 5.41) is 0. The van der Waals surface area contributed by atoms with Gasteiger partial charge in [-0.2, -0.15) is 0 Å². The minimum atomic E-state index is -0.287. The Balaban J connectivity index is 2.80. The minimum Gasteiger partial charge on any atom is -0.367 e. The van der Waals surface area contributed by atoms with Crippen LogP contribution in [0, 0.1) is 5.82 Å². The van der Waals surface area contributed by atoms with Crippen LogP contribution in [0.4, 0.5) is 10.1 Å². The summed E-state index contributed by atoms with van der Waals surface area (Å²) < 4.78 is 12.7. The molecule has 0 N–H and O–H groups in total. The second-order valence-corrected chi connectivity index (χ2v) is 2.53. The molecule has 2 nitrogen and oxygen atoms in total. The number of halogens is 1. The number of carbonyl (C=O) groups is 1. The summed E-state index contributed by atoms with van der Waals surface area (Å²) in [5.41, 5.74) is 0.710. The average Bonchev–Trinajstić information content (AvgIpc) is 2.05. The molecule has 0 spiro atoms. The molecule has 0 bridgehead atoms. The van der Waals surface area contributed by atoms with Crippen molar-refractivity contribution in [3.8, 4) is 0 Å². The van der Waals surface area contributed by atoms with Crippen molar-refractivity contribution in [2.75, 3.05) is 18.5 Å². The Bertz CT molecular complexity index is 275. The first-order valence-electron chi connectivity index (χ1n) is 3.64. The van der Waals surface area contributed by atoms with Crippen LogP contribution in [0.2, 0.25) is 0 Å². The standard InChI is InChI=1S/C9H10FNO/c1-11(5-6-12)9-4-2-3-8(10)7-9/h2-4,6-7H,5H2,1H3. The third-order valence-corrected chi connectivity index (χ3v) is 1.60. The number of aldehydes is 1. The van der Waals surface area contributed by atoms with E-state index in [9.17, 15) is 9.18 Å². The second kappa shape index (κ2) is 3.85. The molecule has 0 aromatic heterocycles. The molecule has 0 heterocycles. The van der Waals surface area contributed by atoms with Gasteiger partial charge in [0.05, 0.1) is 6.54 Å². The van der Waals surface area contributed by atoms with Crippen molar-refractivity contribution in [2.24, 2.45) is 0 Å². The molecule has 1 aromatic carbocycles. The molecule has 0 radical (unpaired) electrons. The van der Waals surface area contributed by atoms with Gasteiger partial charge in [-0.05, 0) is 18.2 Å². The number of carbonyl (C=O) groups excluding carboxylic acids is 1. The summed E-state index contributed by atoms with van der Waals surface area (Å²) in [7, 11) is 1.74. The Morgan fingerprint density at radius 2 is 2.33 bits per heavy atom. The molecular weight excluding hydrogens is 157 g/mol. The number of hydrogen-bond donors (Lipinski definition) is 0. The Labute approximate surface area is 70.6 Å². The zero-order chi connectivity index (χ0) is 8.97. The fourth-order valence-electron chi connectivity index (χ4n) is 0.931. The highest BCUT2D eigenvalue weighted by atomic mass is 19.1. The van der Waals surface area contributed by atoms with E-state index in [-0.39, 0.29) is 12.4 Å². The van der Waals surface area contributed by atoms with Crippen LogP contribution in [-0.4, -0.2) is 19.9 Å². The quantitative estimate of drug-likeness (QED) is 0.635. The maximum Gasteiger partial charge on any atom is 0.139 e. The number of rotatable bonds is 3. The molecule has 0 aliphatic rings. The third-order valence-electron chi connectivity index (χ3n) is 1.60. The van der Waals surface area contributed by atoms with Crippen molar-refractivity contribution < 1.29 is 9.18 Å². The summed E-state index contributed by atoms with van der Waals surface area (Å²) in [6.07, 6.45) is 0.783. The van der Waals surface area contributed by atoms with Crippen LogP contribution in [0.5, 0.6) is 0 Å². The first-order chi connectivity index (χ1) is 5.74. The highest BCUT2D eigenvalue weighted by molar-refractivity contribution is 5.60. The van der Waals surface area contributed by atoms with Gasteiger partial charge in [-0.25, -0.2) is 4.39 Å². The molecule has 0 saturated carbocycles. The van der Waals surface area contributed by atoms with Gasteiger partial charge in [0.25, 0.3) is 0 Å². The van der Waals surface area contributed by atoms with Crippen molar-refractivity contribution in [3.05, 3.63) is 30.1 Å². The van der Waals surface area contributed by atoms with Crippen molar-refractivity contribution in [1.82, 2.24) is 0 Å². The summed E-state index contributed by atoms with van der Waals surface area (Å²) in [6.45, 7) is 0.281. The molecule has 3 heteroatoms. The first-order valence-corrected chi connectivity index (χ1v) is 3.64. The maximum atomic E-state index is 12.7. The van der Waals surface area contributed by atoms with Crippen LogP contribution in [0.1, 0.15) is 0 Å². The van der Waals surface area contributed by atoms with Gasteiger partial charge in [0.1, 0.15) is 12.1 Å². The lowest BCUT2D eigenvalue weighted by molar-refractivity contribution is -0.106. The van der Waals surface area contributed by atoms with Gasteiger partial charge in [-0.15, -0.1) is 0 Å². The molecule has 0 fully saturated rings. The highest BCUT2D eigenvalue weighted by Crippen LogP contribution is 2.12. The van der Waals surface area contributed by atoms with Crippen molar-refractivity contribution in [2.45, 2.75) is 0 Å². The van der Waals surface area contributed by atoms with E-state index in [1.165, 1.54) is 12.1 Å². The van der Waals surface area contributed by atoms with E-state index >= 15 is 0 Å². The number of benzene rings is 1. The highest BCUT2D eigenvalue weighted by Gasteiger charge is 1.99. The van der Waals surface area contributed by atoms with Crippen molar-refractivity contribution >= 4 is 12.0 Å². The van der Waals surface area contributed by atoms with Gasteiger partial charge in [0.15, 0.2) is 0 Å². The van der Waals surface area contributed by atoms with Crippen molar-refractivity contribution in [3.63, 3.8) is 0 Å². The molecule has 1 aromatic rings. The number of hydrogen-bond acceptors (Lipinski definition) is 2. The molecule has 0 aliphatic carbocycles. The topological polar surface area (TPSA) is 20.3 Å². The smallest absolute Gasteiger partial charge is 0.139 e. The van der Waals surface area contributed by atoms with Crippen LogP contribution in [0.15, 0.2) is 24.3 Å². The van der Waals surface area contributed by atoms with E-state index in [1.54, 1.807) is 24.1 Å². The van der Waals surface area contributed by atoms with Gasteiger partial charge in [0.2, 0.25) is 0 Å². The SMILES string of the molecule is CN(CC=O)c1cccc(F)c1. The monoisotopic (exact) mass is 167 g/mol. The lowest BCUT2D eigenvalue weighted by Gasteiger charge is -2.15. The molecule has 0 aliphatic heterocycles. The van der Waals surface area contributed by atoms with Crippen LogP contribution >= 0.6 is 0 Å². The fourth-order valence-corrected chi connectivity index (χ4v) is 0.931. The molecule has 12 heavy (non-hydrogen) atoms. The number of anilines is 1. The van der Waals surface area contributed by atoms with E-state index in [0.717, 1.165) is 6.29 Å². The zero-order valence-electron chi connectivity index (χ0n) is 6.83. The van der Waals surface area contributed by atoms with Crippen LogP contribution in [0.25, 0.3) is 0 Å². The minimum absolute atomic E-state index is 0.281. The van der Waals surface area contributed by atoms with Gasteiger partial charge in [0, 0.05) is 12.7 Å². The summed E-state index contributed by atoms with van der Waals surface area (Å²) in [6, 6.07) is 6.14. The third kappa shape index (κ3) is 2.05. The molecular formula is C9H10FNO. The normalized spacial score (nSPS) is 9.50. The summed E-state index contributed by atoms with van der Waals surface area (Å²) in [4.78, 5) is 11.8. The van der Waals surface area contributed by atoms with E-state index in [0.29, 0.717) is 5.69 Å². The number of likely N-dealkylation sites (N-methyl/N-ethyl adjacent to an activating group) is 1. The molecule has 64 valence electrons. The zero-order valence-corrected chi connectivity index (χ0v) is 6.83. The summed E-state index contributed by atoms with van der Waals surface area (Å²) in [5.74, 6) is -0.287. The van der Waals surface area contributed by atoms with Gasteiger partial charge in [-0.1, -0.05) is 6.07 Å². The summed E-state index contributed by atoms with van der Waals surface area (Å²) >= 11 is 0. The van der Waals surface area contributed by atoms with Crippen LogP contribution < -0.4 is 4.90 Å². The van der Waals surface area contributed by atoms with Gasteiger partial charge >= 0.3 is 0 Å². The maximum absolute atomic E-state index is 12.7. The molecule has 0 atom stereocenters. The predicted octanol–water partition coefficient (Wildman–Crippen LogP) is 1.46. The Morgan fingerprint density at radius 3 is 2.92 bits per heavy atom. The van der Waals surface area contributed by atoms with Crippen molar-refractivity contribution in [1.29, 1.82) is 0 Å². The Morgan fingerprint density at radius 1 is 1.58 bits per heavy atom. The van der Waals surface area contributed by atoms with E-state index in [2.05, 4.69) is 0 Å². The lowest BCUT2D eigenvalue weighted by Crippen LogP contribution is -2.19. The van der Waals surface area contributed by atoms with Gasteiger partial charge in [-0.3, -0.25) is 0 Å². The van der Waals surface area contributed by atoms with E-state index in [4.69, 9.17) is 0 Å². The second-order valence-electron chi connectivity index (χ2n) is 2.53. The molecule has 0 amide bonds. The fraction of sp³-hybridized carbons (Fsp3) is 0.222. The van der Waals surface area contributed by atoms with Crippen LogP contribution in [0.3, 0.4) is 0 Å². The van der Waals surface area contributed by atoms with Gasteiger partial charge < -0.3 is 9.69 Å². The Kier molecular flexibility index (Phi) is 2.80. The Hall–Kier alpha value is -1.38. The number of nitrogens with zero attached hydrogens (tertiary/aromatic N) is 1. The average molecular weight is 167 g/mol. The first kappa shape index (κ1) is 8.71. The molecule has 0 saturated heterocycles. The molecule has 1 rings (SSSR count). The van der Waals surface area contributed by atoms with E-state index < -0.39 is 0 Å². The lowest BCUT2D eigenvalue weighted by atomic mass is 10.3.